The van der Waals surface area contributed by atoms with Crippen molar-refractivity contribution in [2.45, 2.75) is 17.4 Å². The van der Waals surface area contributed by atoms with Crippen LogP contribution in [0.2, 0.25) is 0 Å². The number of fused-ring (bicyclic) bond motifs is 2. The molecule has 0 fully saturated rings. The number of benzene rings is 2. The summed E-state index contributed by atoms with van der Waals surface area (Å²) >= 11 is -8.00. The standard InChI is InChI=1S/C21H16F6I2O6S2/c22-20(23,24)36(30,31)34-28(16-7-3-1-4-8-16)18-14-11-12-15(13-14)19(18)29(17-9-5-2-6-10-17)35-37(32,33)21(25,26)27/h1-12,14-15H,13H2. The summed E-state index contributed by atoms with van der Waals surface area (Å²) in [6.07, 6.45) is 3.48. The Hall–Kier alpha value is -1.22. The van der Waals surface area contributed by atoms with Crippen LogP contribution in [0.5, 0.6) is 0 Å². The maximum absolute atomic E-state index is 13.3. The fraction of sp³-hybridized carbons (Fsp3) is 0.238. The molecule has 6 nitrogen and oxygen atoms in total. The third-order valence-corrected chi connectivity index (χ3v) is 21.4. The van der Waals surface area contributed by atoms with Gasteiger partial charge < -0.3 is 0 Å². The van der Waals surface area contributed by atoms with E-state index in [1.54, 1.807) is 24.3 Å². The van der Waals surface area contributed by atoms with E-state index in [4.69, 9.17) is 5.03 Å². The molecular formula is C21H16F6I2O6S2. The van der Waals surface area contributed by atoms with Gasteiger partial charge in [-0.05, 0) is 0 Å². The molecule has 0 heterocycles. The molecule has 37 heavy (non-hydrogen) atoms. The van der Waals surface area contributed by atoms with Crippen molar-refractivity contribution >= 4 is 60.7 Å². The molecule has 2 aliphatic rings. The average molecular weight is 796 g/mol. The van der Waals surface area contributed by atoms with E-state index in [0.29, 0.717) is 0 Å². The fourth-order valence-electron chi connectivity index (χ4n) is 3.52. The Morgan fingerprint density at radius 3 is 1.24 bits per heavy atom. The van der Waals surface area contributed by atoms with Crippen LogP contribution in [-0.2, 0) is 25.3 Å². The molecule has 2 aromatic rings. The van der Waals surface area contributed by atoms with Gasteiger partial charge >= 0.3 is 225 Å². The molecule has 0 saturated carbocycles. The quantitative estimate of drug-likeness (QED) is 0.128. The van der Waals surface area contributed by atoms with Gasteiger partial charge in [0.1, 0.15) is 0 Å². The first kappa shape index (κ1) is 28.8. The van der Waals surface area contributed by atoms with Crippen LogP contribution in [0, 0.1) is 19.0 Å². The summed E-state index contributed by atoms with van der Waals surface area (Å²) < 4.78 is 139. The SMILES string of the molecule is O=S(=O)(OI(C1=C(I(OS(=O)(=O)C(F)(F)F)c2ccccc2)C2C=CC1C2)c1ccccc1)C(F)(F)F. The Kier molecular flexibility index (Phi) is 8.09. The second kappa shape index (κ2) is 10.4. The van der Waals surface area contributed by atoms with E-state index < -0.39 is 83.6 Å². The minimum atomic E-state index is -6.08. The molecular weight excluding hydrogens is 780 g/mol. The zero-order chi connectivity index (χ0) is 27.2. The predicted octanol–water partition coefficient (Wildman–Crippen LogP) is 6.72. The summed E-state index contributed by atoms with van der Waals surface area (Å²) in [5, 5.41) is 0. The van der Waals surface area contributed by atoms with Crippen LogP contribution in [0.15, 0.2) is 80.0 Å². The molecule has 0 saturated heterocycles. The van der Waals surface area contributed by atoms with Gasteiger partial charge in [-0.25, -0.2) is 0 Å². The Bertz CT molecular complexity index is 1320. The van der Waals surface area contributed by atoms with Gasteiger partial charge in [-0.3, -0.25) is 0 Å². The van der Waals surface area contributed by atoms with Crippen LogP contribution in [0.25, 0.3) is 0 Å². The molecule has 0 N–H and O–H groups in total. The molecule has 0 aliphatic heterocycles. The second-order valence-electron chi connectivity index (χ2n) is 7.54. The van der Waals surface area contributed by atoms with Gasteiger partial charge in [0.05, 0.1) is 0 Å². The number of halogens is 8. The van der Waals surface area contributed by atoms with Crippen LogP contribution in [0.3, 0.4) is 0 Å². The third kappa shape index (κ3) is 5.87. The first-order chi connectivity index (χ1) is 17.1. The Balaban J connectivity index is 1.94. The van der Waals surface area contributed by atoms with Crippen molar-refractivity contribution in [2.75, 3.05) is 0 Å². The summed E-state index contributed by atoms with van der Waals surface area (Å²) in [5.74, 6) is -1.26. The van der Waals surface area contributed by atoms with Crippen molar-refractivity contribution in [1.82, 2.24) is 0 Å². The number of allylic oxidation sites excluding steroid dienone is 4. The molecule has 2 aliphatic carbocycles. The minimum absolute atomic E-state index is 0.113. The van der Waals surface area contributed by atoms with Crippen LogP contribution in [0.4, 0.5) is 26.3 Å². The van der Waals surface area contributed by atoms with Crippen molar-refractivity contribution in [2.24, 2.45) is 11.8 Å². The van der Waals surface area contributed by atoms with Crippen LogP contribution < -0.4 is 0 Å². The van der Waals surface area contributed by atoms with Gasteiger partial charge in [0.25, 0.3) is 0 Å². The number of hydrogen-bond donors (Lipinski definition) is 0. The summed E-state index contributed by atoms with van der Waals surface area (Å²) in [6, 6.07) is 14.5. The second-order valence-corrected chi connectivity index (χ2v) is 20.4. The normalized spacial score (nSPS) is 20.9. The molecule has 2 unspecified atom stereocenters. The van der Waals surface area contributed by atoms with E-state index >= 15 is 0 Å². The molecule has 16 heteroatoms. The zero-order valence-electron chi connectivity index (χ0n) is 18.1. The fourth-order valence-corrected chi connectivity index (χ4v) is 20.8. The maximum atomic E-state index is 13.3. The van der Waals surface area contributed by atoms with E-state index in [9.17, 15) is 43.2 Å². The Labute approximate surface area is 223 Å². The van der Waals surface area contributed by atoms with E-state index in [2.05, 4.69) is 0 Å². The predicted molar refractivity (Wildman–Crippen MR) is 138 cm³/mol. The molecule has 2 aromatic carbocycles. The van der Waals surface area contributed by atoms with Crippen LogP contribution in [0.1, 0.15) is 6.42 Å². The van der Waals surface area contributed by atoms with Gasteiger partial charge in [0.15, 0.2) is 0 Å². The monoisotopic (exact) mass is 796 g/mol. The molecule has 0 amide bonds. The molecule has 204 valence electrons. The van der Waals surface area contributed by atoms with Gasteiger partial charge in [0.2, 0.25) is 0 Å². The number of rotatable bonds is 8. The first-order valence-corrected chi connectivity index (χ1v) is 19.0. The molecule has 4 rings (SSSR count). The van der Waals surface area contributed by atoms with E-state index in [1.165, 1.54) is 48.5 Å². The summed E-state index contributed by atoms with van der Waals surface area (Å²) in [6.45, 7) is 0. The van der Waals surface area contributed by atoms with Gasteiger partial charge in [-0.2, -0.15) is 0 Å². The van der Waals surface area contributed by atoms with Crippen LogP contribution >= 0.6 is 40.5 Å². The van der Waals surface area contributed by atoms with Crippen LogP contribution in [-0.4, -0.2) is 27.9 Å². The van der Waals surface area contributed by atoms with Gasteiger partial charge in [-0.1, -0.05) is 0 Å². The third-order valence-electron chi connectivity index (χ3n) is 5.05. The molecule has 0 spiro atoms. The summed E-state index contributed by atoms with van der Waals surface area (Å²) in [7, 11) is -12.2. The summed E-state index contributed by atoms with van der Waals surface area (Å²) in [5.41, 5.74) is -11.5. The topological polar surface area (TPSA) is 86.7 Å². The number of hydrogen-bond acceptors (Lipinski definition) is 6. The van der Waals surface area contributed by atoms with Crippen molar-refractivity contribution in [1.29, 1.82) is 0 Å². The van der Waals surface area contributed by atoms with E-state index in [-0.39, 0.29) is 20.7 Å². The zero-order valence-corrected chi connectivity index (χ0v) is 24.0. The average Bonchev–Trinajstić information content (AvgIpc) is 3.43. The molecule has 0 aromatic heterocycles. The van der Waals surface area contributed by atoms with E-state index in [1.807, 2.05) is 0 Å². The Morgan fingerprint density at radius 1 is 0.622 bits per heavy atom. The number of alkyl halides is 6. The first-order valence-electron chi connectivity index (χ1n) is 10.1. The van der Waals surface area contributed by atoms with Crippen molar-refractivity contribution < 1.29 is 48.2 Å². The molecule has 0 radical (unpaired) electrons. The Morgan fingerprint density at radius 2 is 0.946 bits per heavy atom. The van der Waals surface area contributed by atoms with Crippen molar-refractivity contribution in [3.05, 3.63) is 87.1 Å². The molecule has 2 bridgehead atoms. The van der Waals surface area contributed by atoms with Crippen molar-refractivity contribution in [3.63, 3.8) is 0 Å². The van der Waals surface area contributed by atoms with Crippen molar-refractivity contribution in [3.8, 4) is 0 Å². The van der Waals surface area contributed by atoms with Gasteiger partial charge in [0, 0.05) is 0 Å². The van der Waals surface area contributed by atoms with Gasteiger partial charge in [-0.15, -0.1) is 0 Å². The summed E-state index contributed by atoms with van der Waals surface area (Å²) in [4.78, 5) is 0. The molecule has 2 atom stereocenters. The van der Waals surface area contributed by atoms with E-state index in [0.717, 1.165) is 0 Å².